The van der Waals surface area contributed by atoms with E-state index in [0.29, 0.717) is 0 Å². The fourth-order valence-electron chi connectivity index (χ4n) is 1.99. The second-order valence-electron chi connectivity index (χ2n) is 4.65. The molecule has 0 amide bonds. The van der Waals surface area contributed by atoms with Crippen molar-refractivity contribution in [2.24, 2.45) is 0 Å². The summed E-state index contributed by atoms with van der Waals surface area (Å²) in [6.45, 7) is -0.688. The largest absolute Gasteiger partial charge is 0.511 e. The molecule has 0 aromatic heterocycles. The quantitative estimate of drug-likeness (QED) is 0.868. The highest BCUT2D eigenvalue weighted by molar-refractivity contribution is 7.90. The molecule has 0 heterocycles. The third-order valence-electron chi connectivity index (χ3n) is 3.25. The maximum Gasteiger partial charge on any atom is 0.511 e. The molecule has 0 unspecified atom stereocenters. The van der Waals surface area contributed by atoms with Gasteiger partial charge in [-0.3, -0.25) is 0 Å². The number of rotatable bonds is 4. The van der Waals surface area contributed by atoms with Crippen LogP contribution < -0.4 is 4.72 Å². The average Bonchev–Trinajstić information content (AvgIpc) is 3.06. The van der Waals surface area contributed by atoms with Gasteiger partial charge >= 0.3 is 15.5 Å². The zero-order valence-corrected chi connectivity index (χ0v) is 10.8. The predicted molar refractivity (Wildman–Crippen MR) is 60.2 cm³/mol. The smallest absolute Gasteiger partial charge is 0.207 e. The van der Waals surface area contributed by atoms with Crippen molar-refractivity contribution in [3.8, 4) is 0 Å². The molecular formula is C11H10F5NO2S. The Hall–Kier alpha value is -1.22. The first-order valence-electron chi connectivity index (χ1n) is 5.59. The third kappa shape index (κ3) is 2.64. The molecule has 0 bridgehead atoms. The molecule has 1 aromatic carbocycles. The standard InChI is InChI=1S/C11H10F5NO2S/c12-7-2-1-3-8(13)9(7)10(4-5-10)6-17-20(18,19)11(14,15)16/h1-3,17H,4-6H2. The highest BCUT2D eigenvalue weighted by Gasteiger charge is 2.52. The number of nitrogens with one attached hydrogen (secondary N) is 1. The molecule has 2 rings (SSSR count). The molecule has 0 saturated heterocycles. The van der Waals surface area contributed by atoms with Gasteiger partial charge in [-0.25, -0.2) is 21.9 Å². The van der Waals surface area contributed by atoms with Crippen molar-refractivity contribution in [3.05, 3.63) is 35.4 Å². The van der Waals surface area contributed by atoms with Gasteiger partial charge in [0.25, 0.3) is 0 Å². The lowest BCUT2D eigenvalue weighted by Crippen LogP contribution is -2.40. The van der Waals surface area contributed by atoms with Gasteiger partial charge in [0, 0.05) is 17.5 Å². The molecule has 0 spiro atoms. The van der Waals surface area contributed by atoms with E-state index in [1.165, 1.54) is 4.72 Å². The minimum atomic E-state index is -5.52. The van der Waals surface area contributed by atoms with Crippen molar-refractivity contribution in [2.45, 2.75) is 23.8 Å². The summed E-state index contributed by atoms with van der Waals surface area (Å²) in [5, 5.41) is 0. The van der Waals surface area contributed by atoms with E-state index in [0.717, 1.165) is 18.2 Å². The van der Waals surface area contributed by atoms with Crippen molar-refractivity contribution < 1.29 is 30.4 Å². The molecular weight excluding hydrogens is 305 g/mol. The van der Waals surface area contributed by atoms with Gasteiger partial charge in [0.1, 0.15) is 11.6 Å². The Balaban J connectivity index is 2.23. The summed E-state index contributed by atoms with van der Waals surface area (Å²) in [6, 6.07) is 3.09. The Morgan fingerprint density at radius 3 is 2.05 bits per heavy atom. The Morgan fingerprint density at radius 2 is 1.65 bits per heavy atom. The lowest BCUT2D eigenvalue weighted by molar-refractivity contribution is -0.0448. The topological polar surface area (TPSA) is 46.2 Å². The number of benzene rings is 1. The van der Waals surface area contributed by atoms with Crippen molar-refractivity contribution in [1.82, 2.24) is 4.72 Å². The predicted octanol–water partition coefficient (Wildman–Crippen LogP) is 2.44. The van der Waals surface area contributed by atoms with Crippen molar-refractivity contribution >= 4 is 10.0 Å². The van der Waals surface area contributed by atoms with Crippen LogP contribution in [-0.2, 0) is 15.4 Å². The fraction of sp³-hybridized carbons (Fsp3) is 0.455. The molecule has 1 N–H and O–H groups in total. The van der Waals surface area contributed by atoms with Crippen molar-refractivity contribution in [3.63, 3.8) is 0 Å². The normalized spacial score (nSPS) is 18.1. The maximum absolute atomic E-state index is 13.6. The van der Waals surface area contributed by atoms with Gasteiger partial charge < -0.3 is 0 Å². The summed E-state index contributed by atoms with van der Waals surface area (Å²) in [6.07, 6.45) is 0.427. The van der Waals surface area contributed by atoms with Crippen LogP contribution in [0.4, 0.5) is 22.0 Å². The van der Waals surface area contributed by atoms with Crippen LogP contribution >= 0.6 is 0 Å². The molecule has 0 aliphatic heterocycles. The van der Waals surface area contributed by atoms with Crippen LogP contribution in [0.2, 0.25) is 0 Å². The molecule has 0 atom stereocenters. The van der Waals surface area contributed by atoms with E-state index in [1.807, 2.05) is 0 Å². The summed E-state index contributed by atoms with van der Waals surface area (Å²) < 4.78 is 87.0. The summed E-state index contributed by atoms with van der Waals surface area (Å²) in [5.41, 5.74) is -7.06. The first-order chi connectivity index (χ1) is 9.09. The number of hydrogen-bond acceptors (Lipinski definition) is 2. The van der Waals surface area contributed by atoms with E-state index >= 15 is 0 Å². The van der Waals surface area contributed by atoms with Crippen LogP contribution in [0.3, 0.4) is 0 Å². The molecule has 1 saturated carbocycles. The molecule has 1 aliphatic rings. The Morgan fingerprint density at radius 1 is 1.15 bits per heavy atom. The molecule has 9 heteroatoms. The van der Waals surface area contributed by atoms with Crippen LogP contribution in [-0.4, -0.2) is 20.5 Å². The second kappa shape index (κ2) is 4.66. The van der Waals surface area contributed by atoms with E-state index in [-0.39, 0.29) is 18.4 Å². The molecule has 1 aliphatic carbocycles. The number of sulfonamides is 1. The Bertz CT molecular complexity index is 602. The lowest BCUT2D eigenvalue weighted by Gasteiger charge is -2.18. The fourth-order valence-corrected chi connectivity index (χ4v) is 2.62. The van der Waals surface area contributed by atoms with E-state index in [4.69, 9.17) is 0 Å². The van der Waals surface area contributed by atoms with Crippen LogP contribution in [0.1, 0.15) is 18.4 Å². The van der Waals surface area contributed by atoms with E-state index in [9.17, 15) is 30.4 Å². The number of alkyl halides is 3. The molecule has 1 fully saturated rings. The monoisotopic (exact) mass is 315 g/mol. The summed E-state index contributed by atoms with van der Waals surface area (Å²) >= 11 is 0. The minimum Gasteiger partial charge on any atom is -0.207 e. The Labute approximate surface area is 111 Å². The van der Waals surface area contributed by atoms with E-state index in [2.05, 4.69) is 0 Å². The van der Waals surface area contributed by atoms with Gasteiger partial charge in [-0.05, 0) is 25.0 Å². The van der Waals surface area contributed by atoms with E-state index in [1.54, 1.807) is 0 Å². The molecule has 112 valence electrons. The first kappa shape index (κ1) is 15.2. The van der Waals surface area contributed by atoms with Crippen LogP contribution in [0.25, 0.3) is 0 Å². The summed E-state index contributed by atoms with van der Waals surface area (Å²) in [5.74, 6) is -1.79. The zero-order chi connectivity index (χ0) is 15.2. The van der Waals surface area contributed by atoms with Crippen molar-refractivity contribution in [2.75, 3.05) is 6.54 Å². The van der Waals surface area contributed by atoms with Gasteiger partial charge in [-0.15, -0.1) is 0 Å². The van der Waals surface area contributed by atoms with Gasteiger partial charge in [-0.1, -0.05) is 6.07 Å². The van der Waals surface area contributed by atoms with Gasteiger partial charge in [-0.2, -0.15) is 13.2 Å². The van der Waals surface area contributed by atoms with Crippen molar-refractivity contribution in [1.29, 1.82) is 0 Å². The average molecular weight is 315 g/mol. The molecule has 1 aromatic rings. The summed E-state index contributed by atoms with van der Waals surface area (Å²) in [7, 11) is -5.52. The number of halogens is 5. The van der Waals surface area contributed by atoms with E-state index < -0.39 is 39.1 Å². The van der Waals surface area contributed by atoms with Crippen LogP contribution in [0.15, 0.2) is 18.2 Å². The molecule has 3 nitrogen and oxygen atoms in total. The van der Waals surface area contributed by atoms with Gasteiger partial charge in [0.2, 0.25) is 0 Å². The number of hydrogen-bond donors (Lipinski definition) is 1. The maximum atomic E-state index is 13.6. The lowest BCUT2D eigenvalue weighted by atomic mass is 9.95. The van der Waals surface area contributed by atoms with Crippen LogP contribution in [0, 0.1) is 11.6 Å². The van der Waals surface area contributed by atoms with Gasteiger partial charge in [0.15, 0.2) is 0 Å². The molecule has 0 radical (unpaired) electrons. The zero-order valence-electron chi connectivity index (χ0n) is 9.97. The highest BCUT2D eigenvalue weighted by atomic mass is 32.2. The summed E-state index contributed by atoms with van der Waals surface area (Å²) in [4.78, 5) is 0. The van der Waals surface area contributed by atoms with Gasteiger partial charge in [0.05, 0.1) is 0 Å². The Kier molecular flexibility index (Phi) is 3.53. The highest BCUT2D eigenvalue weighted by Crippen LogP contribution is 2.49. The first-order valence-corrected chi connectivity index (χ1v) is 7.08. The molecule has 20 heavy (non-hydrogen) atoms. The second-order valence-corrected chi connectivity index (χ2v) is 6.41. The van der Waals surface area contributed by atoms with Crippen LogP contribution in [0.5, 0.6) is 0 Å². The third-order valence-corrected chi connectivity index (χ3v) is 4.39. The minimum absolute atomic E-state index is 0.214. The SMILES string of the molecule is O=S(=O)(NCC1(c2c(F)cccc2F)CC1)C(F)(F)F.